The van der Waals surface area contributed by atoms with Crippen LogP contribution in [-0.2, 0) is 19.4 Å². The molecule has 4 nitrogen and oxygen atoms in total. The van der Waals surface area contributed by atoms with Gasteiger partial charge in [-0.15, -0.1) is 0 Å². The van der Waals surface area contributed by atoms with Gasteiger partial charge in [0.2, 0.25) is 0 Å². The number of carbonyl (C=O) groups excluding carboxylic acids is 1. The van der Waals surface area contributed by atoms with Crippen LogP contribution in [0.15, 0.2) is 36.8 Å². The van der Waals surface area contributed by atoms with Crippen molar-refractivity contribution in [2.24, 2.45) is 0 Å². The lowest BCUT2D eigenvalue weighted by Crippen LogP contribution is -2.12. The molecule has 0 unspecified atom stereocenters. The fraction of sp³-hybridized carbons (Fsp3) is 0.222. The maximum absolute atomic E-state index is 11.1. The van der Waals surface area contributed by atoms with E-state index in [-0.39, 0.29) is 12.4 Å². The summed E-state index contributed by atoms with van der Waals surface area (Å²) in [6, 6.07) is 0. The van der Waals surface area contributed by atoms with Gasteiger partial charge in [-0.1, -0.05) is 25.3 Å². The Balaban J connectivity index is 4.00. The summed E-state index contributed by atoms with van der Waals surface area (Å²) in [6.45, 7) is 6.34. The fourth-order valence-electron chi connectivity index (χ4n) is 0.561. The molecule has 0 bridgehead atoms. The lowest BCUT2D eigenvalue weighted by atomic mass is 10.6. The van der Waals surface area contributed by atoms with Crippen molar-refractivity contribution in [3.05, 3.63) is 36.8 Å². The van der Waals surface area contributed by atoms with Crippen molar-refractivity contribution >= 4 is 15.8 Å². The zero-order valence-electron chi connectivity index (χ0n) is 7.68. The van der Waals surface area contributed by atoms with Gasteiger partial charge in [-0.05, 0) is 0 Å². The molecular weight excluding hydrogens is 204 g/mol. The van der Waals surface area contributed by atoms with Crippen LogP contribution in [0.5, 0.6) is 0 Å². The Morgan fingerprint density at radius 2 is 2.00 bits per heavy atom. The molecule has 0 amide bonds. The minimum absolute atomic E-state index is 0.172. The molecule has 0 aliphatic rings. The average Bonchev–Trinajstić information content (AvgIpc) is 2.14. The molecule has 0 spiro atoms. The standard InChI is InChI=1S/C9H12O4S/c1-3-5-7-14(11,12)8-6-13-9(10)4-2/h3-5,7H,1-2,6,8H2/b7-5+. The van der Waals surface area contributed by atoms with Crippen LogP contribution in [0.1, 0.15) is 0 Å². The van der Waals surface area contributed by atoms with E-state index in [4.69, 9.17) is 0 Å². The molecule has 0 radical (unpaired) electrons. The second kappa shape index (κ2) is 6.15. The molecule has 0 saturated heterocycles. The highest BCUT2D eigenvalue weighted by Crippen LogP contribution is 1.93. The average molecular weight is 216 g/mol. The van der Waals surface area contributed by atoms with Crippen molar-refractivity contribution in [1.29, 1.82) is 0 Å². The van der Waals surface area contributed by atoms with E-state index < -0.39 is 15.8 Å². The number of ether oxygens (including phenoxy) is 1. The van der Waals surface area contributed by atoms with E-state index >= 15 is 0 Å². The Morgan fingerprint density at radius 1 is 1.36 bits per heavy atom. The molecular formula is C9H12O4S. The first kappa shape index (κ1) is 12.6. The Labute approximate surface area is 83.5 Å². The van der Waals surface area contributed by atoms with Gasteiger partial charge in [0.05, 0.1) is 5.75 Å². The second-order valence-corrected chi connectivity index (χ2v) is 4.31. The Hall–Kier alpha value is -1.36. The molecule has 0 heterocycles. The summed E-state index contributed by atoms with van der Waals surface area (Å²) < 4.78 is 26.7. The monoisotopic (exact) mass is 216 g/mol. The van der Waals surface area contributed by atoms with Gasteiger partial charge in [-0.2, -0.15) is 0 Å². The SMILES string of the molecule is C=C/C=C/S(=O)(=O)CCOC(=O)C=C. The first-order valence-electron chi connectivity index (χ1n) is 3.83. The van der Waals surface area contributed by atoms with Gasteiger partial charge in [0.25, 0.3) is 0 Å². The normalized spacial score (nSPS) is 11.1. The molecule has 0 aliphatic carbocycles. The summed E-state index contributed by atoms with van der Waals surface area (Å²) in [5, 5.41) is 1.02. The lowest BCUT2D eigenvalue weighted by Gasteiger charge is -1.99. The van der Waals surface area contributed by atoms with Gasteiger partial charge < -0.3 is 4.74 Å². The summed E-state index contributed by atoms with van der Waals surface area (Å²) in [5.74, 6) is -0.871. The van der Waals surface area contributed by atoms with Crippen LogP contribution in [0.2, 0.25) is 0 Å². The first-order valence-corrected chi connectivity index (χ1v) is 5.54. The number of hydrogen-bond acceptors (Lipinski definition) is 4. The summed E-state index contributed by atoms with van der Waals surface area (Å²) in [5.41, 5.74) is 0. The Kier molecular flexibility index (Phi) is 5.55. The van der Waals surface area contributed by atoms with E-state index in [1.165, 1.54) is 12.2 Å². The van der Waals surface area contributed by atoms with Crippen LogP contribution < -0.4 is 0 Å². The molecule has 14 heavy (non-hydrogen) atoms. The van der Waals surface area contributed by atoms with Gasteiger partial charge in [-0.3, -0.25) is 0 Å². The zero-order valence-corrected chi connectivity index (χ0v) is 8.50. The highest BCUT2D eigenvalue weighted by atomic mass is 32.2. The van der Waals surface area contributed by atoms with Gasteiger partial charge in [0.1, 0.15) is 6.61 Å². The third-order valence-electron chi connectivity index (χ3n) is 1.20. The molecule has 0 aromatic heterocycles. The summed E-state index contributed by atoms with van der Waals surface area (Å²) in [4.78, 5) is 10.5. The predicted molar refractivity (Wildman–Crippen MR) is 54.3 cm³/mol. The van der Waals surface area contributed by atoms with Crippen LogP contribution in [-0.4, -0.2) is 26.7 Å². The minimum atomic E-state index is -3.31. The number of rotatable bonds is 6. The third kappa shape index (κ3) is 6.19. The van der Waals surface area contributed by atoms with E-state index in [1.54, 1.807) is 0 Å². The number of hydrogen-bond donors (Lipinski definition) is 0. The Bertz CT molecular complexity index is 338. The van der Waals surface area contributed by atoms with E-state index in [1.807, 2.05) is 0 Å². The van der Waals surface area contributed by atoms with Crippen molar-refractivity contribution in [3.63, 3.8) is 0 Å². The van der Waals surface area contributed by atoms with Crippen molar-refractivity contribution in [3.8, 4) is 0 Å². The highest BCUT2D eigenvalue weighted by molar-refractivity contribution is 7.94. The number of carbonyl (C=O) groups is 1. The molecule has 0 saturated carbocycles. The smallest absolute Gasteiger partial charge is 0.330 e. The maximum Gasteiger partial charge on any atom is 0.330 e. The first-order chi connectivity index (χ1) is 6.52. The van der Waals surface area contributed by atoms with Gasteiger partial charge >= 0.3 is 5.97 Å². The molecule has 0 aromatic carbocycles. The quantitative estimate of drug-likeness (QED) is 0.375. The van der Waals surface area contributed by atoms with Crippen molar-refractivity contribution in [1.82, 2.24) is 0 Å². The zero-order chi connectivity index (χ0) is 11.0. The van der Waals surface area contributed by atoms with Gasteiger partial charge in [0.15, 0.2) is 9.84 Å². The van der Waals surface area contributed by atoms with E-state index in [0.29, 0.717) is 0 Å². The molecule has 78 valence electrons. The predicted octanol–water partition coefficient (Wildman–Crippen LogP) is 0.830. The lowest BCUT2D eigenvalue weighted by molar-refractivity contribution is -0.137. The molecule has 0 N–H and O–H groups in total. The largest absolute Gasteiger partial charge is 0.461 e. The van der Waals surface area contributed by atoms with Crippen LogP contribution in [0.25, 0.3) is 0 Å². The van der Waals surface area contributed by atoms with Gasteiger partial charge in [-0.25, -0.2) is 13.2 Å². The molecule has 0 fully saturated rings. The Morgan fingerprint density at radius 3 is 2.50 bits per heavy atom. The summed E-state index contributed by atoms with van der Waals surface area (Å²) >= 11 is 0. The van der Waals surface area contributed by atoms with Crippen LogP contribution >= 0.6 is 0 Å². The molecule has 0 rings (SSSR count). The van der Waals surface area contributed by atoms with E-state index in [2.05, 4.69) is 17.9 Å². The van der Waals surface area contributed by atoms with E-state index in [0.717, 1.165) is 11.5 Å². The fourth-order valence-corrected chi connectivity index (χ4v) is 1.36. The molecule has 0 aromatic rings. The number of sulfone groups is 1. The minimum Gasteiger partial charge on any atom is -0.461 e. The highest BCUT2D eigenvalue weighted by Gasteiger charge is 2.06. The molecule has 0 aliphatic heterocycles. The van der Waals surface area contributed by atoms with Crippen LogP contribution in [0.4, 0.5) is 0 Å². The topological polar surface area (TPSA) is 60.4 Å². The summed E-state index contributed by atoms with van der Waals surface area (Å²) in [7, 11) is -3.31. The van der Waals surface area contributed by atoms with Crippen molar-refractivity contribution < 1.29 is 17.9 Å². The van der Waals surface area contributed by atoms with Crippen molar-refractivity contribution in [2.75, 3.05) is 12.4 Å². The molecule has 0 atom stereocenters. The second-order valence-electron chi connectivity index (χ2n) is 2.30. The van der Waals surface area contributed by atoms with Crippen LogP contribution in [0, 0.1) is 0 Å². The maximum atomic E-state index is 11.1. The van der Waals surface area contributed by atoms with Crippen LogP contribution in [0.3, 0.4) is 0 Å². The molecule has 5 heteroatoms. The number of allylic oxidation sites excluding steroid dienone is 2. The van der Waals surface area contributed by atoms with Crippen molar-refractivity contribution in [2.45, 2.75) is 0 Å². The van der Waals surface area contributed by atoms with E-state index in [9.17, 15) is 13.2 Å². The number of esters is 1. The third-order valence-corrected chi connectivity index (χ3v) is 2.51. The van der Waals surface area contributed by atoms with Gasteiger partial charge in [0, 0.05) is 11.5 Å². The summed E-state index contributed by atoms with van der Waals surface area (Å²) in [6.07, 6.45) is 3.64.